The third kappa shape index (κ3) is 5.58. The highest BCUT2D eigenvalue weighted by molar-refractivity contribution is 14.1. The van der Waals surface area contributed by atoms with Crippen LogP contribution >= 0.6 is 22.6 Å². The Morgan fingerprint density at radius 2 is 1.88 bits per heavy atom. The molecule has 1 atom stereocenters. The maximum atomic E-state index is 13.9. The van der Waals surface area contributed by atoms with E-state index in [4.69, 9.17) is 4.74 Å². The SMILES string of the molecule is C=C(OC(CCCC)Cc1ccc(F)cc1F)c1ccc(I)cc1. The van der Waals surface area contributed by atoms with E-state index in [2.05, 4.69) is 36.1 Å². The van der Waals surface area contributed by atoms with Gasteiger partial charge >= 0.3 is 0 Å². The van der Waals surface area contributed by atoms with Crippen LogP contribution in [-0.4, -0.2) is 6.10 Å². The minimum atomic E-state index is -0.564. The average molecular weight is 442 g/mol. The predicted octanol–water partition coefficient (Wildman–Crippen LogP) is 6.36. The van der Waals surface area contributed by atoms with Crippen LogP contribution in [0.4, 0.5) is 8.78 Å². The summed E-state index contributed by atoms with van der Waals surface area (Å²) in [5.74, 6) is -0.513. The van der Waals surface area contributed by atoms with Crippen molar-refractivity contribution in [1.29, 1.82) is 0 Å². The zero-order chi connectivity index (χ0) is 17.5. The van der Waals surface area contributed by atoms with E-state index >= 15 is 0 Å². The first-order chi connectivity index (χ1) is 11.5. The van der Waals surface area contributed by atoms with Gasteiger partial charge in [0.15, 0.2) is 0 Å². The molecular formula is C20H21F2IO. The fourth-order valence-electron chi connectivity index (χ4n) is 2.47. The van der Waals surface area contributed by atoms with E-state index in [1.165, 1.54) is 12.1 Å². The van der Waals surface area contributed by atoms with Crippen molar-refractivity contribution in [2.45, 2.75) is 38.7 Å². The maximum Gasteiger partial charge on any atom is 0.129 e. The van der Waals surface area contributed by atoms with Crippen molar-refractivity contribution < 1.29 is 13.5 Å². The van der Waals surface area contributed by atoms with Gasteiger partial charge in [-0.15, -0.1) is 0 Å². The molecule has 0 N–H and O–H groups in total. The van der Waals surface area contributed by atoms with E-state index in [1.807, 2.05) is 24.3 Å². The van der Waals surface area contributed by atoms with Gasteiger partial charge < -0.3 is 4.74 Å². The van der Waals surface area contributed by atoms with Crippen molar-refractivity contribution in [3.63, 3.8) is 0 Å². The van der Waals surface area contributed by atoms with Gasteiger partial charge in [-0.1, -0.05) is 44.5 Å². The second-order valence-electron chi connectivity index (χ2n) is 5.75. The minimum Gasteiger partial charge on any atom is -0.490 e. The molecule has 0 saturated carbocycles. The highest BCUT2D eigenvalue weighted by Gasteiger charge is 2.16. The Hall–Kier alpha value is -1.43. The van der Waals surface area contributed by atoms with Gasteiger partial charge in [0.2, 0.25) is 0 Å². The largest absolute Gasteiger partial charge is 0.490 e. The molecule has 0 aliphatic carbocycles. The van der Waals surface area contributed by atoms with Gasteiger partial charge in [0.05, 0.1) is 0 Å². The van der Waals surface area contributed by atoms with Gasteiger partial charge in [0, 0.05) is 21.6 Å². The fourth-order valence-corrected chi connectivity index (χ4v) is 2.83. The predicted molar refractivity (Wildman–Crippen MR) is 103 cm³/mol. The molecule has 128 valence electrons. The van der Waals surface area contributed by atoms with E-state index < -0.39 is 11.6 Å². The van der Waals surface area contributed by atoms with E-state index in [9.17, 15) is 8.78 Å². The molecule has 1 nitrogen and oxygen atoms in total. The second-order valence-corrected chi connectivity index (χ2v) is 7.00. The molecular weight excluding hydrogens is 421 g/mol. The monoisotopic (exact) mass is 442 g/mol. The first kappa shape index (κ1) is 18.9. The standard InChI is InChI=1S/C20H21F2IO/c1-3-4-5-19(12-16-6-9-17(21)13-20(16)22)24-14(2)15-7-10-18(23)11-8-15/h6-11,13,19H,2-5,12H2,1H3. The van der Waals surface area contributed by atoms with Crippen molar-refractivity contribution in [3.8, 4) is 0 Å². The third-order valence-corrected chi connectivity index (χ3v) is 4.54. The second kappa shape index (κ2) is 9.16. The summed E-state index contributed by atoms with van der Waals surface area (Å²) in [6.45, 7) is 6.10. The average Bonchev–Trinajstić information content (AvgIpc) is 2.55. The van der Waals surface area contributed by atoms with Gasteiger partial charge in [-0.2, -0.15) is 0 Å². The van der Waals surface area contributed by atoms with Crippen LogP contribution in [-0.2, 0) is 11.2 Å². The third-order valence-electron chi connectivity index (χ3n) is 3.82. The molecule has 0 aliphatic rings. The van der Waals surface area contributed by atoms with E-state index in [0.717, 1.165) is 34.5 Å². The Morgan fingerprint density at radius 1 is 1.17 bits per heavy atom. The van der Waals surface area contributed by atoms with Crippen LogP contribution < -0.4 is 0 Å². The summed E-state index contributed by atoms with van der Waals surface area (Å²) in [7, 11) is 0. The first-order valence-corrected chi connectivity index (χ1v) is 9.13. The van der Waals surface area contributed by atoms with Gasteiger partial charge in [-0.05, 0) is 52.8 Å². The molecule has 24 heavy (non-hydrogen) atoms. The number of halogens is 3. The molecule has 0 fully saturated rings. The van der Waals surface area contributed by atoms with Crippen LogP contribution in [0.25, 0.3) is 5.76 Å². The van der Waals surface area contributed by atoms with Crippen LogP contribution in [0.2, 0.25) is 0 Å². The summed E-state index contributed by atoms with van der Waals surface area (Å²) in [5.41, 5.74) is 1.38. The van der Waals surface area contributed by atoms with Gasteiger partial charge in [-0.25, -0.2) is 8.78 Å². The van der Waals surface area contributed by atoms with Crippen LogP contribution in [0.15, 0.2) is 49.0 Å². The van der Waals surface area contributed by atoms with Crippen LogP contribution in [0.5, 0.6) is 0 Å². The molecule has 0 amide bonds. The Labute approximate surface area is 155 Å². The zero-order valence-corrected chi connectivity index (χ0v) is 15.9. The highest BCUT2D eigenvalue weighted by atomic mass is 127. The van der Waals surface area contributed by atoms with Gasteiger partial charge in [-0.3, -0.25) is 0 Å². The zero-order valence-electron chi connectivity index (χ0n) is 13.7. The minimum absolute atomic E-state index is 0.184. The lowest BCUT2D eigenvalue weighted by Crippen LogP contribution is -2.16. The molecule has 0 saturated heterocycles. The number of hydrogen-bond donors (Lipinski definition) is 0. The summed E-state index contributed by atoms with van der Waals surface area (Å²) < 4.78 is 34.1. The summed E-state index contributed by atoms with van der Waals surface area (Å²) in [6.07, 6.45) is 3.03. The van der Waals surface area contributed by atoms with Crippen LogP contribution in [0.3, 0.4) is 0 Å². The van der Waals surface area contributed by atoms with Gasteiger partial charge in [0.1, 0.15) is 23.5 Å². The Balaban J connectivity index is 2.09. The van der Waals surface area contributed by atoms with Crippen molar-refractivity contribution in [1.82, 2.24) is 0 Å². The Kier molecular flexibility index (Phi) is 7.21. The molecule has 1 unspecified atom stereocenters. The fraction of sp³-hybridized carbons (Fsp3) is 0.300. The molecule has 0 spiro atoms. The lowest BCUT2D eigenvalue weighted by Gasteiger charge is -2.21. The van der Waals surface area contributed by atoms with Crippen molar-refractivity contribution in [3.05, 3.63) is 75.4 Å². The molecule has 2 rings (SSSR count). The molecule has 0 aliphatic heterocycles. The molecule has 0 radical (unpaired) electrons. The van der Waals surface area contributed by atoms with Crippen LogP contribution in [0.1, 0.15) is 37.3 Å². The summed E-state index contributed by atoms with van der Waals surface area (Å²) in [4.78, 5) is 0. The van der Waals surface area contributed by atoms with Crippen molar-refractivity contribution in [2.75, 3.05) is 0 Å². The van der Waals surface area contributed by atoms with Crippen molar-refractivity contribution >= 4 is 28.4 Å². The molecule has 2 aromatic rings. The number of unbranched alkanes of at least 4 members (excludes halogenated alkanes) is 1. The lowest BCUT2D eigenvalue weighted by molar-refractivity contribution is 0.154. The van der Waals surface area contributed by atoms with Gasteiger partial charge in [0.25, 0.3) is 0 Å². The van der Waals surface area contributed by atoms with E-state index in [1.54, 1.807) is 0 Å². The Bertz CT molecular complexity index is 683. The van der Waals surface area contributed by atoms with Crippen LogP contribution in [0, 0.1) is 15.2 Å². The smallest absolute Gasteiger partial charge is 0.129 e. The normalized spacial score (nSPS) is 12.0. The topological polar surface area (TPSA) is 9.23 Å². The number of hydrogen-bond acceptors (Lipinski definition) is 1. The summed E-state index contributed by atoms with van der Waals surface area (Å²) in [6, 6.07) is 11.6. The number of rotatable bonds is 8. The maximum absolute atomic E-state index is 13.9. The molecule has 0 bridgehead atoms. The summed E-state index contributed by atoms with van der Waals surface area (Å²) >= 11 is 2.24. The molecule has 0 heterocycles. The lowest BCUT2D eigenvalue weighted by atomic mass is 10.0. The number of benzene rings is 2. The quantitative estimate of drug-likeness (QED) is 0.342. The highest BCUT2D eigenvalue weighted by Crippen LogP contribution is 2.23. The molecule has 4 heteroatoms. The van der Waals surface area contributed by atoms with Crippen molar-refractivity contribution in [2.24, 2.45) is 0 Å². The molecule has 0 aromatic heterocycles. The van der Waals surface area contributed by atoms with E-state index in [0.29, 0.717) is 17.7 Å². The summed E-state index contributed by atoms with van der Waals surface area (Å²) in [5, 5.41) is 0. The number of ether oxygens (including phenoxy) is 1. The molecule has 2 aromatic carbocycles. The Morgan fingerprint density at radius 3 is 2.50 bits per heavy atom. The first-order valence-electron chi connectivity index (χ1n) is 8.05. The van der Waals surface area contributed by atoms with E-state index in [-0.39, 0.29) is 6.10 Å².